The van der Waals surface area contributed by atoms with E-state index in [1.54, 1.807) is 0 Å². The van der Waals surface area contributed by atoms with Crippen LogP contribution in [0.3, 0.4) is 0 Å². The maximum absolute atomic E-state index is 12.6. The second-order valence-electron chi connectivity index (χ2n) is 6.93. The number of hydrogen-bond acceptors (Lipinski definition) is 3. The first-order chi connectivity index (χ1) is 11.3. The molecule has 2 fully saturated rings. The van der Waals surface area contributed by atoms with Gasteiger partial charge in [-0.25, -0.2) is 4.79 Å². The van der Waals surface area contributed by atoms with E-state index in [0.29, 0.717) is 12.8 Å². The topological polar surface area (TPSA) is 78.5 Å². The highest BCUT2D eigenvalue weighted by atomic mass is 16.2. The number of nitrogens with zero attached hydrogens (tertiary/aromatic N) is 1. The summed E-state index contributed by atoms with van der Waals surface area (Å²) >= 11 is 0. The molecule has 0 aromatic heterocycles. The van der Waals surface area contributed by atoms with Crippen molar-refractivity contribution in [1.29, 1.82) is 0 Å². The van der Waals surface area contributed by atoms with E-state index in [0.717, 1.165) is 40.1 Å². The van der Waals surface area contributed by atoms with Crippen LogP contribution in [-0.2, 0) is 9.59 Å². The molecule has 1 aliphatic heterocycles. The molecule has 0 unspecified atom stereocenters. The average Bonchev–Trinajstić information content (AvgIpc) is 3.04. The Morgan fingerprint density at radius 2 is 1.75 bits per heavy atom. The molecular formula is C18H23N3O3. The van der Waals surface area contributed by atoms with Crippen LogP contribution in [0.25, 0.3) is 0 Å². The van der Waals surface area contributed by atoms with Gasteiger partial charge in [-0.1, -0.05) is 30.5 Å². The van der Waals surface area contributed by atoms with Gasteiger partial charge in [0.25, 0.3) is 5.91 Å². The number of anilines is 1. The third-order valence-corrected chi connectivity index (χ3v) is 4.95. The third-order valence-electron chi connectivity index (χ3n) is 4.95. The summed E-state index contributed by atoms with van der Waals surface area (Å²) in [5, 5.41) is 5.63. The van der Waals surface area contributed by atoms with E-state index in [2.05, 4.69) is 10.6 Å². The van der Waals surface area contributed by atoms with Gasteiger partial charge >= 0.3 is 6.03 Å². The predicted molar refractivity (Wildman–Crippen MR) is 90.7 cm³/mol. The average molecular weight is 329 g/mol. The number of benzene rings is 1. The summed E-state index contributed by atoms with van der Waals surface area (Å²) in [6.45, 7) is 5.60. The monoisotopic (exact) mass is 329 g/mol. The fraction of sp³-hybridized carbons (Fsp3) is 0.500. The van der Waals surface area contributed by atoms with E-state index < -0.39 is 11.6 Å². The first-order valence-corrected chi connectivity index (χ1v) is 8.34. The quantitative estimate of drug-likeness (QED) is 0.836. The lowest BCUT2D eigenvalue weighted by atomic mass is 9.98. The maximum atomic E-state index is 12.6. The number of aryl methyl sites for hydroxylation is 3. The summed E-state index contributed by atoms with van der Waals surface area (Å²) in [7, 11) is 0. The minimum absolute atomic E-state index is 0.251. The van der Waals surface area contributed by atoms with Gasteiger partial charge in [-0.3, -0.25) is 14.5 Å². The first-order valence-electron chi connectivity index (χ1n) is 8.34. The standard InChI is InChI=1S/C18H23N3O3/c1-11-8-12(2)15(13(3)9-11)19-14(22)10-21-16(23)18(20-17(21)24)6-4-5-7-18/h8-9H,4-7,10H2,1-3H3,(H,19,22)(H,20,24). The van der Waals surface area contributed by atoms with Crippen molar-refractivity contribution in [2.75, 3.05) is 11.9 Å². The van der Waals surface area contributed by atoms with Gasteiger partial charge in [0.2, 0.25) is 5.91 Å². The predicted octanol–water partition coefficient (Wildman–Crippen LogP) is 2.41. The second-order valence-corrected chi connectivity index (χ2v) is 6.93. The molecule has 0 radical (unpaired) electrons. The van der Waals surface area contributed by atoms with E-state index in [-0.39, 0.29) is 18.4 Å². The number of hydrogen-bond donors (Lipinski definition) is 2. The summed E-state index contributed by atoms with van der Waals surface area (Å²) in [5.41, 5.74) is 3.02. The van der Waals surface area contributed by atoms with E-state index in [4.69, 9.17) is 0 Å². The van der Waals surface area contributed by atoms with Crippen LogP contribution >= 0.6 is 0 Å². The lowest BCUT2D eigenvalue weighted by Gasteiger charge is -2.20. The van der Waals surface area contributed by atoms with Gasteiger partial charge in [0.1, 0.15) is 12.1 Å². The van der Waals surface area contributed by atoms with Crippen LogP contribution in [0, 0.1) is 20.8 Å². The van der Waals surface area contributed by atoms with Crippen LogP contribution in [0.15, 0.2) is 12.1 Å². The van der Waals surface area contributed by atoms with Crippen LogP contribution in [0.2, 0.25) is 0 Å². The molecule has 1 aromatic carbocycles. The fourth-order valence-corrected chi connectivity index (χ4v) is 3.84. The molecule has 0 bridgehead atoms. The lowest BCUT2D eigenvalue weighted by Crippen LogP contribution is -2.44. The Balaban J connectivity index is 1.72. The van der Waals surface area contributed by atoms with Crippen LogP contribution in [0.5, 0.6) is 0 Å². The maximum Gasteiger partial charge on any atom is 0.325 e. The molecular weight excluding hydrogens is 306 g/mol. The van der Waals surface area contributed by atoms with E-state index in [1.165, 1.54) is 0 Å². The van der Waals surface area contributed by atoms with Crippen molar-refractivity contribution in [1.82, 2.24) is 10.2 Å². The van der Waals surface area contributed by atoms with Crippen molar-refractivity contribution in [3.8, 4) is 0 Å². The highest BCUT2D eigenvalue weighted by Gasteiger charge is 2.52. The molecule has 1 aliphatic carbocycles. The number of rotatable bonds is 3. The fourth-order valence-electron chi connectivity index (χ4n) is 3.84. The zero-order valence-corrected chi connectivity index (χ0v) is 14.4. The molecule has 6 nitrogen and oxygen atoms in total. The summed E-state index contributed by atoms with van der Waals surface area (Å²) in [6.07, 6.45) is 3.17. The van der Waals surface area contributed by atoms with Crippen molar-refractivity contribution < 1.29 is 14.4 Å². The Labute approximate surface area is 141 Å². The highest BCUT2D eigenvalue weighted by Crippen LogP contribution is 2.35. The summed E-state index contributed by atoms with van der Waals surface area (Å²) in [4.78, 5) is 38.1. The second kappa shape index (κ2) is 5.92. The molecule has 1 spiro atoms. The van der Waals surface area contributed by atoms with Crippen molar-refractivity contribution in [2.24, 2.45) is 0 Å². The van der Waals surface area contributed by atoms with Crippen LogP contribution in [-0.4, -0.2) is 34.8 Å². The van der Waals surface area contributed by atoms with Gasteiger partial charge < -0.3 is 10.6 Å². The molecule has 1 aromatic rings. The van der Waals surface area contributed by atoms with Gasteiger partial charge in [0.15, 0.2) is 0 Å². The van der Waals surface area contributed by atoms with Crippen LogP contribution in [0.1, 0.15) is 42.4 Å². The first kappa shape index (κ1) is 16.5. The minimum Gasteiger partial charge on any atom is -0.324 e. The van der Waals surface area contributed by atoms with Crippen molar-refractivity contribution in [2.45, 2.75) is 52.0 Å². The molecule has 6 heteroatoms. The van der Waals surface area contributed by atoms with Gasteiger partial charge in [-0.05, 0) is 44.7 Å². The Hall–Kier alpha value is -2.37. The summed E-state index contributed by atoms with van der Waals surface area (Å²) in [5.74, 6) is -0.624. The Morgan fingerprint density at radius 1 is 1.17 bits per heavy atom. The molecule has 0 atom stereocenters. The largest absolute Gasteiger partial charge is 0.325 e. The molecule has 3 rings (SSSR count). The van der Waals surface area contributed by atoms with E-state index >= 15 is 0 Å². The van der Waals surface area contributed by atoms with Crippen molar-refractivity contribution in [3.63, 3.8) is 0 Å². The Morgan fingerprint density at radius 3 is 2.33 bits per heavy atom. The smallest absolute Gasteiger partial charge is 0.324 e. The number of amides is 4. The molecule has 2 aliphatic rings. The molecule has 128 valence electrons. The Kier molecular flexibility index (Phi) is 4.07. The molecule has 1 heterocycles. The summed E-state index contributed by atoms with van der Waals surface area (Å²) in [6, 6.07) is 3.52. The molecule has 1 saturated carbocycles. The van der Waals surface area contributed by atoms with E-state index in [1.807, 2.05) is 32.9 Å². The lowest BCUT2D eigenvalue weighted by molar-refractivity contribution is -0.133. The van der Waals surface area contributed by atoms with Crippen LogP contribution < -0.4 is 10.6 Å². The molecule has 4 amide bonds. The van der Waals surface area contributed by atoms with Gasteiger partial charge in [-0.2, -0.15) is 0 Å². The number of imide groups is 1. The Bertz CT molecular complexity index is 697. The molecule has 2 N–H and O–H groups in total. The minimum atomic E-state index is -0.771. The molecule has 1 saturated heterocycles. The third kappa shape index (κ3) is 2.77. The van der Waals surface area contributed by atoms with E-state index in [9.17, 15) is 14.4 Å². The highest BCUT2D eigenvalue weighted by molar-refractivity contribution is 6.10. The number of carbonyl (C=O) groups is 3. The summed E-state index contributed by atoms with van der Waals surface area (Å²) < 4.78 is 0. The van der Waals surface area contributed by atoms with Gasteiger partial charge in [-0.15, -0.1) is 0 Å². The van der Waals surface area contributed by atoms with Gasteiger partial charge in [0.05, 0.1) is 0 Å². The normalized spacial score (nSPS) is 19.0. The van der Waals surface area contributed by atoms with Gasteiger partial charge in [0, 0.05) is 5.69 Å². The molecule has 24 heavy (non-hydrogen) atoms. The van der Waals surface area contributed by atoms with Crippen molar-refractivity contribution in [3.05, 3.63) is 28.8 Å². The zero-order valence-electron chi connectivity index (χ0n) is 14.4. The zero-order chi connectivity index (χ0) is 17.5. The van der Waals surface area contributed by atoms with Crippen molar-refractivity contribution >= 4 is 23.5 Å². The number of carbonyl (C=O) groups excluding carboxylic acids is 3. The SMILES string of the molecule is Cc1cc(C)c(NC(=O)CN2C(=O)NC3(CCCC3)C2=O)c(C)c1. The van der Waals surface area contributed by atoms with Crippen LogP contribution in [0.4, 0.5) is 10.5 Å². The number of urea groups is 1. The number of nitrogens with one attached hydrogen (secondary N) is 2.